The van der Waals surface area contributed by atoms with E-state index >= 15 is 0 Å². The van der Waals surface area contributed by atoms with E-state index in [1.165, 1.54) is 11.8 Å². The number of hydrogen-bond donors (Lipinski definition) is 1. The summed E-state index contributed by atoms with van der Waals surface area (Å²) in [4.78, 5) is 28.4. The Morgan fingerprint density at radius 1 is 0.889 bits per heavy atom. The molecular weight excluding hydrogens is 558 g/mol. The van der Waals surface area contributed by atoms with Gasteiger partial charge in [-0.3, -0.25) is 9.59 Å². The summed E-state index contributed by atoms with van der Waals surface area (Å²) in [6.07, 6.45) is 0.372. The Bertz CT molecular complexity index is 1190. The van der Waals surface area contributed by atoms with Crippen LogP contribution in [0.1, 0.15) is 23.6 Å². The lowest BCUT2D eigenvalue weighted by atomic mass is 10.0. The number of halogens is 4. The number of carbonyl (C=O) groups is 2. The molecule has 0 aromatic heterocycles. The average molecular weight is 584 g/mol. The fourth-order valence-electron chi connectivity index (χ4n) is 3.65. The second-order valence-electron chi connectivity index (χ2n) is 8.09. The predicted molar refractivity (Wildman–Crippen MR) is 152 cm³/mol. The summed E-state index contributed by atoms with van der Waals surface area (Å²) in [6, 6.07) is 19.4. The maximum atomic E-state index is 13.6. The van der Waals surface area contributed by atoms with Gasteiger partial charge < -0.3 is 10.2 Å². The van der Waals surface area contributed by atoms with Crippen molar-refractivity contribution in [2.75, 3.05) is 12.3 Å². The van der Waals surface area contributed by atoms with Crippen molar-refractivity contribution in [3.63, 3.8) is 0 Å². The molecule has 0 saturated heterocycles. The van der Waals surface area contributed by atoms with Gasteiger partial charge in [-0.1, -0.05) is 88.9 Å². The van der Waals surface area contributed by atoms with E-state index < -0.39 is 6.04 Å². The Kier molecular flexibility index (Phi) is 11.3. The van der Waals surface area contributed by atoms with Gasteiger partial charge in [0, 0.05) is 45.4 Å². The summed E-state index contributed by atoms with van der Waals surface area (Å²) in [7, 11) is 0. The van der Waals surface area contributed by atoms with Crippen molar-refractivity contribution in [3.8, 4) is 0 Å². The van der Waals surface area contributed by atoms with E-state index in [1.807, 2.05) is 43.3 Å². The maximum absolute atomic E-state index is 13.6. The molecule has 190 valence electrons. The maximum Gasteiger partial charge on any atom is 0.243 e. The van der Waals surface area contributed by atoms with E-state index in [0.29, 0.717) is 44.4 Å². The molecule has 0 heterocycles. The highest BCUT2D eigenvalue weighted by atomic mass is 35.5. The summed E-state index contributed by atoms with van der Waals surface area (Å²) in [5.41, 5.74) is 2.55. The van der Waals surface area contributed by atoms with Crippen molar-refractivity contribution >= 4 is 70.0 Å². The quantitative estimate of drug-likeness (QED) is 0.257. The van der Waals surface area contributed by atoms with E-state index in [4.69, 9.17) is 46.4 Å². The van der Waals surface area contributed by atoms with Crippen LogP contribution in [0.15, 0.2) is 66.7 Å². The highest BCUT2D eigenvalue weighted by Gasteiger charge is 2.30. The van der Waals surface area contributed by atoms with E-state index in [1.54, 1.807) is 35.2 Å². The van der Waals surface area contributed by atoms with E-state index in [-0.39, 0.29) is 24.1 Å². The van der Waals surface area contributed by atoms with Crippen LogP contribution in [0, 0.1) is 0 Å². The number of hydrogen-bond acceptors (Lipinski definition) is 3. The third-order valence-electron chi connectivity index (χ3n) is 5.48. The van der Waals surface area contributed by atoms with Gasteiger partial charge in [0.2, 0.25) is 11.8 Å². The van der Waals surface area contributed by atoms with Crippen LogP contribution in [0.2, 0.25) is 20.1 Å². The van der Waals surface area contributed by atoms with Gasteiger partial charge in [0.15, 0.2) is 0 Å². The first-order valence-electron chi connectivity index (χ1n) is 11.3. The Balaban J connectivity index is 1.86. The molecule has 2 amide bonds. The summed E-state index contributed by atoms with van der Waals surface area (Å²) < 4.78 is 0. The number of carbonyl (C=O) groups excluding carboxylic acids is 2. The SMILES string of the molecule is CCNC(=O)[C@H](Cc1ccccc1)N(Cc1ccc(Cl)cc1Cl)C(=O)CSCc1ccc(Cl)cc1Cl. The summed E-state index contributed by atoms with van der Waals surface area (Å²) in [5.74, 6) is 0.297. The molecule has 0 radical (unpaired) electrons. The molecule has 1 N–H and O–H groups in total. The minimum Gasteiger partial charge on any atom is -0.355 e. The normalized spacial score (nSPS) is 11.7. The van der Waals surface area contributed by atoms with Gasteiger partial charge in [-0.05, 0) is 47.9 Å². The standard InChI is InChI=1S/C27H26Cl4N2O2S/c1-2-32-27(35)25(12-18-6-4-3-5-7-18)33(15-19-8-10-21(28)13-23(19)30)26(34)17-36-16-20-9-11-22(29)14-24(20)31/h3-11,13-14,25H,2,12,15-17H2,1H3,(H,32,35)/t25-/m0/s1. The second-order valence-corrected chi connectivity index (χ2v) is 10.8. The Morgan fingerprint density at radius 3 is 2.08 bits per heavy atom. The van der Waals surface area contributed by atoms with Crippen LogP contribution in [0.4, 0.5) is 0 Å². The van der Waals surface area contributed by atoms with Crippen LogP contribution in [0.3, 0.4) is 0 Å². The number of likely N-dealkylation sites (N-methyl/N-ethyl adjacent to an activating group) is 1. The molecular formula is C27H26Cl4N2O2S. The molecule has 0 bridgehead atoms. The Morgan fingerprint density at radius 2 is 1.50 bits per heavy atom. The topological polar surface area (TPSA) is 49.4 Å². The van der Waals surface area contributed by atoms with Crippen molar-refractivity contribution in [2.24, 2.45) is 0 Å². The lowest BCUT2D eigenvalue weighted by Gasteiger charge is -2.31. The number of nitrogens with zero attached hydrogens (tertiary/aromatic N) is 1. The summed E-state index contributed by atoms with van der Waals surface area (Å²) >= 11 is 26.2. The number of amides is 2. The van der Waals surface area contributed by atoms with Gasteiger partial charge in [-0.2, -0.15) is 0 Å². The van der Waals surface area contributed by atoms with Crippen molar-refractivity contribution in [1.29, 1.82) is 0 Å². The smallest absolute Gasteiger partial charge is 0.243 e. The van der Waals surface area contributed by atoms with Gasteiger partial charge >= 0.3 is 0 Å². The fourth-order valence-corrected chi connectivity index (χ4v) is 5.59. The zero-order chi connectivity index (χ0) is 26.1. The molecule has 3 aromatic rings. The average Bonchev–Trinajstić information content (AvgIpc) is 2.84. The molecule has 0 spiro atoms. The van der Waals surface area contributed by atoms with Gasteiger partial charge in [-0.25, -0.2) is 0 Å². The van der Waals surface area contributed by atoms with Crippen LogP contribution < -0.4 is 5.32 Å². The number of benzene rings is 3. The zero-order valence-corrected chi connectivity index (χ0v) is 23.5. The zero-order valence-electron chi connectivity index (χ0n) is 19.6. The van der Waals surface area contributed by atoms with Crippen molar-refractivity contribution in [2.45, 2.75) is 31.7 Å². The Labute approximate surface area is 236 Å². The predicted octanol–water partition coefficient (Wildman–Crippen LogP) is 7.31. The molecule has 3 aromatic carbocycles. The summed E-state index contributed by atoms with van der Waals surface area (Å²) in [5, 5.41) is 4.93. The number of rotatable bonds is 11. The second kappa shape index (κ2) is 14.2. The largest absolute Gasteiger partial charge is 0.355 e. The molecule has 0 aliphatic carbocycles. The highest BCUT2D eigenvalue weighted by molar-refractivity contribution is 7.99. The lowest BCUT2D eigenvalue weighted by molar-refractivity contribution is -0.139. The minimum absolute atomic E-state index is 0.162. The number of nitrogens with one attached hydrogen (secondary N) is 1. The van der Waals surface area contributed by atoms with Crippen LogP contribution in [-0.4, -0.2) is 35.1 Å². The first kappa shape index (κ1) is 28.7. The van der Waals surface area contributed by atoms with Gasteiger partial charge in [0.05, 0.1) is 5.75 Å². The molecule has 3 rings (SSSR count). The van der Waals surface area contributed by atoms with Gasteiger partial charge in [-0.15, -0.1) is 11.8 Å². The van der Waals surface area contributed by atoms with E-state index in [0.717, 1.165) is 11.1 Å². The molecule has 4 nitrogen and oxygen atoms in total. The van der Waals surface area contributed by atoms with Crippen LogP contribution in [0.5, 0.6) is 0 Å². The van der Waals surface area contributed by atoms with Crippen LogP contribution in [0.25, 0.3) is 0 Å². The first-order valence-corrected chi connectivity index (χ1v) is 14.0. The van der Waals surface area contributed by atoms with Crippen molar-refractivity contribution in [1.82, 2.24) is 10.2 Å². The third-order valence-corrected chi connectivity index (χ3v) is 7.62. The molecule has 36 heavy (non-hydrogen) atoms. The molecule has 9 heteroatoms. The Hall–Kier alpha value is -1.89. The van der Waals surface area contributed by atoms with Gasteiger partial charge in [0.1, 0.15) is 6.04 Å². The van der Waals surface area contributed by atoms with Crippen molar-refractivity contribution in [3.05, 3.63) is 104 Å². The third kappa shape index (κ3) is 8.32. The lowest BCUT2D eigenvalue weighted by Crippen LogP contribution is -2.51. The molecule has 0 fully saturated rings. The molecule has 0 saturated carbocycles. The summed E-state index contributed by atoms with van der Waals surface area (Å²) in [6.45, 7) is 2.48. The minimum atomic E-state index is -0.716. The van der Waals surface area contributed by atoms with E-state index in [9.17, 15) is 9.59 Å². The molecule has 0 unspecified atom stereocenters. The number of thioether (sulfide) groups is 1. The van der Waals surface area contributed by atoms with Crippen molar-refractivity contribution < 1.29 is 9.59 Å². The van der Waals surface area contributed by atoms with Gasteiger partial charge in [0.25, 0.3) is 0 Å². The monoisotopic (exact) mass is 582 g/mol. The molecule has 1 atom stereocenters. The molecule has 0 aliphatic rings. The van der Waals surface area contributed by atoms with E-state index in [2.05, 4.69) is 5.32 Å². The first-order chi connectivity index (χ1) is 17.3. The highest BCUT2D eigenvalue weighted by Crippen LogP contribution is 2.27. The fraction of sp³-hybridized carbons (Fsp3) is 0.259. The van der Waals surface area contributed by atoms with Crippen LogP contribution >= 0.6 is 58.2 Å². The molecule has 0 aliphatic heterocycles. The van der Waals surface area contributed by atoms with Crippen LogP contribution in [-0.2, 0) is 28.3 Å².